The average Bonchev–Trinajstić information content (AvgIpc) is 2.53. The highest BCUT2D eigenvalue weighted by Crippen LogP contribution is 2.42. The van der Waals surface area contributed by atoms with E-state index in [2.05, 4.69) is 0 Å². The van der Waals surface area contributed by atoms with Crippen LogP contribution in [0.25, 0.3) is 5.76 Å². The minimum Gasteiger partial charge on any atom is -0.456 e. The van der Waals surface area contributed by atoms with E-state index >= 15 is 0 Å². The SMILES string of the molecule is CC(=O)C1=C(c2ccccc2C)Oc2ccccc2C1C=O. The molecule has 0 saturated carbocycles. The third-order valence-corrected chi connectivity index (χ3v) is 3.93. The summed E-state index contributed by atoms with van der Waals surface area (Å²) in [6.07, 6.45) is 0.816. The Bertz CT molecular complexity index is 787. The van der Waals surface area contributed by atoms with Crippen molar-refractivity contribution in [3.05, 3.63) is 70.8 Å². The lowest BCUT2D eigenvalue weighted by Crippen LogP contribution is -2.21. The third-order valence-electron chi connectivity index (χ3n) is 3.93. The minimum absolute atomic E-state index is 0.148. The fraction of sp³-hybridized carbons (Fsp3) is 0.158. The summed E-state index contributed by atoms with van der Waals surface area (Å²) >= 11 is 0. The molecule has 0 amide bonds. The van der Waals surface area contributed by atoms with E-state index in [0.29, 0.717) is 17.1 Å². The van der Waals surface area contributed by atoms with Crippen LogP contribution in [0.1, 0.15) is 29.5 Å². The van der Waals surface area contributed by atoms with Crippen molar-refractivity contribution in [3.8, 4) is 5.75 Å². The molecule has 22 heavy (non-hydrogen) atoms. The first-order valence-electron chi connectivity index (χ1n) is 7.16. The summed E-state index contributed by atoms with van der Waals surface area (Å²) in [6.45, 7) is 3.43. The lowest BCUT2D eigenvalue weighted by molar-refractivity contribution is -0.116. The molecule has 1 aliphatic rings. The molecular formula is C19H16O3. The number of Topliss-reactive ketones (excluding diaryl/α,β-unsaturated/α-hetero) is 1. The van der Waals surface area contributed by atoms with Gasteiger partial charge in [0.2, 0.25) is 0 Å². The maximum atomic E-state index is 12.2. The first-order chi connectivity index (χ1) is 10.6. The van der Waals surface area contributed by atoms with E-state index in [4.69, 9.17) is 4.74 Å². The molecular weight excluding hydrogens is 276 g/mol. The highest BCUT2D eigenvalue weighted by molar-refractivity contribution is 6.06. The number of para-hydroxylation sites is 1. The second-order valence-corrected chi connectivity index (χ2v) is 5.37. The van der Waals surface area contributed by atoms with Crippen LogP contribution in [-0.4, -0.2) is 12.1 Å². The lowest BCUT2D eigenvalue weighted by Gasteiger charge is -2.27. The van der Waals surface area contributed by atoms with Crippen molar-refractivity contribution < 1.29 is 14.3 Å². The van der Waals surface area contributed by atoms with Gasteiger partial charge in [0.25, 0.3) is 0 Å². The standard InChI is InChI=1S/C19H16O3/c1-12-7-3-4-8-14(12)19-18(13(2)21)16(11-20)15-9-5-6-10-17(15)22-19/h3-11,16H,1-2H3. The van der Waals surface area contributed by atoms with Gasteiger partial charge >= 0.3 is 0 Å². The van der Waals surface area contributed by atoms with Gasteiger partial charge in [0, 0.05) is 11.1 Å². The molecule has 0 fully saturated rings. The second kappa shape index (κ2) is 5.60. The smallest absolute Gasteiger partial charge is 0.160 e. The predicted octanol–water partition coefficient (Wildman–Crippen LogP) is 3.67. The molecule has 0 radical (unpaired) electrons. The van der Waals surface area contributed by atoms with Crippen LogP contribution < -0.4 is 4.74 Å². The molecule has 0 aliphatic carbocycles. The summed E-state index contributed by atoms with van der Waals surface area (Å²) in [7, 11) is 0. The van der Waals surface area contributed by atoms with Gasteiger partial charge in [-0.15, -0.1) is 0 Å². The molecule has 1 heterocycles. The molecule has 2 aromatic rings. The van der Waals surface area contributed by atoms with Gasteiger partial charge in [-0.3, -0.25) is 4.79 Å². The van der Waals surface area contributed by atoms with Crippen molar-refractivity contribution in [1.29, 1.82) is 0 Å². The van der Waals surface area contributed by atoms with E-state index in [1.165, 1.54) is 6.92 Å². The Morgan fingerprint density at radius 2 is 1.77 bits per heavy atom. The number of carbonyl (C=O) groups is 2. The normalized spacial score (nSPS) is 16.7. The Balaban J connectivity index is 2.28. The molecule has 1 aliphatic heterocycles. The summed E-state index contributed by atoms with van der Waals surface area (Å²) in [4.78, 5) is 23.8. The zero-order valence-corrected chi connectivity index (χ0v) is 12.5. The van der Waals surface area contributed by atoms with Gasteiger partial charge < -0.3 is 9.53 Å². The molecule has 3 nitrogen and oxygen atoms in total. The maximum absolute atomic E-state index is 12.2. The van der Waals surface area contributed by atoms with E-state index < -0.39 is 5.92 Å². The maximum Gasteiger partial charge on any atom is 0.160 e. The molecule has 0 N–H and O–H groups in total. The summed E-state index contributed by atoms with van der Waals surface area (Å²) < 4.78 is 6.00. The van der Waals surface area contributed by atoms with Crippen molar-refractivity contribution in [3.63, 3.8) is 0 Å². The third kappa shape index (κ3) is 2.25. The minimum atomic E-state index is -0.586. The molecule has 110 valence electrons. The molecule has 1 atom stereocenters. The topological polar surface area (TPSA) is 43.4 Å². The van der Waals surface area contributed by atoms with Crippen LogP contribution in [0.5, 0.6) is 5.75 Å². The van der Waals surface area contributed by atoms with Crippen LogP contribution in [0, 0.1) is 6.92 Å². The van der Waals surface area contributed by atoms with Crippen molar-refractivity contribution in [2.45, 2.75) is 19.8 Å². The Morgan fingerprint density at radius 1 is 1.09 bits per heavy atom. The van der Waals surface area contributed by atoms with Crippen LogP contribution in [0.15, 0.2) is 54.1 Å². The second-order valence-electron chi connectivity index (χ2n) is 5.37. The van der Waals surface area contributed by atoms with Crippen molar-refractivity contribution in [2.75, 3.05) is 0 Å². The molecule has 0 spiro atoms. The number of benzene rings is 2. The molecule has 0 bridgehead atoms. The van der Waals surface area contributed by atoms with E-state index in [1.54, 1.807) is 0 Å². The van der Waals surface area contributed by atoms with Crippen molar-refractivity contribution in [1.82, 2.24) is 0 Å². The molecule has 3 rings (SSSR count). The molecule has 0 aromatic heterocycles. The quantitative estimate of drug-likeness (QED) is 0.811. The number of allylic oxidation sites excluding steroid dienone is 1. The fourth-order valence-corrected chi connectivity index (χ4v) is 2.84. The van der Waals surface area contributed by atoms with Crippen LogP contribution in [0.2, 0.25) is 0 Å². The van der Waals surface area contributed by atoms with Gasteiger partial charge in [-0.05, 0) is 25.5 Å². The van der Waals surface area contributed by atoms with Gasteiger partial charge in [0.1, 0.15) is 17.8 Å². The van der Waals surface area contributed by atoms with Crippen molar-refractivity contribution >= 4 is 17.8 Å². The van der Waals surface area contributed by atoms with Gasteiger partial charge in [-0.2, -0.15) is 0 Å². The van der Waals surface area contributed by atoms with Crippen LogP contribution in [-0.2, 0) is 9.59 Å². The molecule has 0 saturated heterocycles. The number of ether oxygens (including phenoxy) is 1. The first kappa shape index (κ1) is 14.3. The fourth-order valence-electron chi connectivity index (χ4n) is 2.84. The zero-order chi connectivity index (χ0) is 15.7. The first-order valence-corrected chi connectivity index (χ1v) is 7.16. The summed E-state index contributed by atoms with van der Waals surface area (Å²) in [6, 6.07) is 15.0. The molecule has 3 heteroatoms. The Labute approximate surface area is 129 Å². The summed E-state index contributed by atoms with van der Waals surface area (Å²) in [5.74, 6) is 0.381. The van der Waals surface area contributed by atoms with Crippen molar-refractivity contribution in [2.24, 2.45) is 0 Å². The van der Waals surface area contributed by atoms with Gasteiger partial charge in [0.05, 0.1) is 11.5 Å². The Kier molecular flexibility index (Phi) is 3.63. The number of hydrogen-bond acceptors (Lipinski definition) is 3. The molecule has 2 aromatic carbocycles. The van der Waals surface area contributed by atoms with E-state index in [9.17, 15) is 9.59 Å². The van der Waals surface area contributed by atoms with Crippen LogP contribution >= 0.6 is 0 Å². The number of rotatable bonds is 3. The van der Waals surface area contributed by atoms with E-state index in [-0.39, 0.29) is 5.78 Å². The summed E-state index contributed by atoms with van der Waals surface area (Å²) in [5.41, 5.74) is 3.00. The van der Waals surface area contributed by atoms with E-state index in [1.807, 2.05) is 55.5 Å². The predicted molar refractivity (Wildman–Crippen MR) is 84.7 cm³/mol. The van der Waals surface area contributed by atoms with Crippen LogP contribution in [0.4, 0.5) is 0 Å². The average molecular weight is 292 g/mol. The zero-order valence-electron chi connectivity index (χ0n) is 12.5. The Hall–Kier alpha value is -2.68. The van der Waals surface area contributed by atoms with E-state index in [0.717, 1.165) is 23.0 Å². The highest BCUT2D eigenvalue weighted by Gasteiger charge is 2.32. The highest BCUT2D eigenvalue weighted by atomic mass is 16.5. The van der Waals surface area contributed by atoms with Gasteiger partial charge in [0.15, 0.2) is 5.78 Å². The summed E-state index contributed by atoms with van der Waals surface area (Å²) in [5, 5.41) is 0. The number of ketones is 1. The number of hydrogen-bond donors (Lipinski definition) is 0. The number of aryl methyl sites for hydroxylation is 1. The number of carbonyl (C=O) groups excluding carboxylic acids is 2. The Morgan fingerprint density at radius 3 is 2.45 bits per heavy atom. The number of fused-ring (bicyclic) bond motifs is 1. The molecule has 1 unspecified atom stereocenters. The van der Waals surface area contributed by atoms with Gasteiger partial charge in [-0.1, -0.05) is 42.5 Å². The lowest BCUT2D eigenvalue weighted by atomic mass is 9.85. The van der Waals surface area contributed by atoms with Crippen LogP contribution in [0.3, 0.4) is 0 Å². The largest absolute Gasteiger partial charge is 0.456 e. The number of aldehydes is 1. The monoisotopic (exact) mass is 292 g/mol. The van der Waals surface area contributed by atoms with Gasteiger partial charge in [-0.25, -0.2) is 0 Å².